The molecule has 5 heteroatoms. The number of rotatable bonds is 5. The van der Waals surface area contributed by atoms with Crippen LogP contribution in [0.4, 0.5) is 0 Å². The summed E-state index contributed by atoms with van der Waals surface area (Å²) in [5, 5.41) is 0.401. The maximum atomic E-state index is 11.9. The molecule has 0 aliphatic rings. The van der Waals surface area contributed by atoms with Crippen LogP contribution in [0.3, 0.4) is 0 Å². The van der Waals surface area contributed by atoms with Gasteiger partial charge in [0, 0.05) is 10.4 Å². The first-order valence-electron chi connectivity index (χ1n) is 6.89. The maximum absolute atomic E-state index is 11.9. The van der Waals surface area contributed by atoms with Gasteiger partial charge in [-0.05, 0) is 25.0 Å². The smallest absolute Gasteiger partial charge is 0.367 e. The lowest BCUT2D eigenvalue weighted by Crippen LogP contribution is -2.03. The van der Waals surface area contributed by atoms with Crippen LogP contribution in [-0.4, -0.2) is 24.7 Å². The third kappa shape index (κ3) is 3.42. The van der Waals surface area contributed by atoms with E-state index in [0.717, 1.165) is 21.9 Å². The Morgan fingerprint density at radius 2 is 2.14 bits per heavy atom. The van der Waals surface area contributed by atoms with Crippen molar-refractivity contribution in [1.29, 1.82) is 0 Å². The van der Waals surface area contributed by atoms with E-state index in [4.69, 9.17) is 9.47 Å². The molecule has 0 aliphatic heterocycles. The number of ether oxygens (including phenoxy) is 2. The minimum atomic E-state index is -0.362. The average molecular weight is 305 g/mol. The highest BCUT2D eigenvalue weighted by Gasteiger charge is 2.20. The summed E-state index contributed by atoms with van der Waals surface area (Å²) in [6.45, 7) is 6.32. The number of hydrogen-bond acceptors (Lipinski definition) is 5. The quantitative estimate of drug-likeness (QED) is 0.780. The first-order valence-corrected chi connectivity index (χ1v) is 7.70. The lowest BCUT2D eigenvalue weighted by atomic mass is 10.1. The second kappa shape index (κ2) is 6.72. The van der Waals surface area contributed by atoms with Gasteiger partial charge in [-0.15, -0.1) is 11.3 Å². The van der Waals surface area contributed by atoms with Gasteiger partial charge in [-0.25, -0.2) is 9.78 Å². The molecular weight excluding hydrogens is 286 g/mol. The third-order valence-corrected chi connectivity index (χ3v) is 4.31. The van der Waals surface area contributed by atoms with Crippen molar-refractivity contribution in [2.24, 2.45) is 0 Å². The van der Waals surface area contributed by atoms with E-state index in [9.17, 15) is 4.79 Å². The Balaban J connectivity index is 2.48. The van der Waals surface area contributed by atoms with Crippen molar-refractivity contribution >= 4 is 17.3 Å². The van der Waals surface area contributed by atoms with Gasteiger partial charge >= 0.3 is 5.97 Å². The molecule has 1 aromatic heterocycles. The van der Waals surface area contributed by atoms with Gasteiger partial charge in [-0.2, -0.15) is 0 Å². The highest BCUT2D eigenvalue weighted by atomic mass is 32.1. The highest BCUT2D eigenvalue weighted by Crippen LogP contribution is 2.35. The Labute approximate surface area is 128 Å². The molecular formula is C16H19NO3S. The van der Waals surface area contributed by atoms with Gasteiger partial charge in [-0.3, -0.25) is 0 Å². The molecule has 0 bridgehead atoms. The van der Waals surface area contributed by atoms with Gasteiger partial charge in [0.1, 0.15) is 5.75 Å². The van der Waals surface area contributed by atoms with E-state index in [1.54, 1.807) is 14.0 Å². The standard InChI is InChI=1S/C16H19NO3S/c1-5-20-16(18)15-17-13(14(21-15)10(2)3)11-7-6-8-12(9-11)19-4/h6-10H,5H2,1-4H3. The van der Waals surface area contributed by atoms with Crippen molar-refractivity contribution in [2.45, 2.75) is 26.7 Å². The monoisotopic (exact) mass is 305 g/mol. The molecule has 1 heterocycles. The van der Waals surface area contributed by atoms with Crippen molar-refractivity contribution in [2.75, 3.05) is 13.7 Å². The number of methoxy groups -OCH3 is 1. The topological polar surface area (TPSA) is 48.4 Å². The van der Waals surface area contributed by atoms with Crippen molar-refractivity contribution < 1.29 is 14.3 Å². The lowest BCUT2D eigenvalue weighted by Gasteiger charge is -2.06. The number of nitrogens with zero attached hydrogens (tertiary/aromatic N) is 1. The van der Waals surface area contributed by atoms with Gasteiger partial charge in [0.2, 0.25) is 5.01 Å². The molecule has 0 radical (unpaired) electrons. The summed E-state index contributed by atoms with van der Waals surface area (Å²) in [6, 6.07) is 7.70. The zero-order chi connectivity index (χ0) is 15.4. The van der Waals surface area contributed by atoms with Crippen LogP contribution in [0.5, 0.6) is 5.75 Å². The van der Waals surface area contributed by atoms with E-state index in [2.05, 4.69) is 18.8 Å². The fourth-order valence-electron chi connectivity index (χ4n) is 1.98. The first-order chi connectivity index (χ1) is 10.1. The minimum absolute atomic E-state index is 0.284. The summed E-state index contributed by atoms with van der Waals surface area (Å²) in [7, 11) is 1.63. The van der Waals surface area contributed by atoms with Gasteiger partial charge < -0.3 is 9.47 Å². The number of carbonyl (C=O) groups excluding carboxylic acids is 1. The third-order valence-electron chi connectivity index (χ3n) is 2.97. The molecule has 0 saturated heterocycles. The van der Waals surface area contributed by atoms with Crippen LogP contribution in [0.15, 0.2) is 24.3 Å². The van der Waals surface area contributed by atoms with E-state index >= 15 is 0 Å². The van der Waals surface area contributed by atoms with E-state index in [-0.39, 0.29) is 11.9 Å². The number of hydrogen-bond donors (Lipinski definition) is 0. The fourth-order valence-corrected chi connectivity index (χ4v) is 2.96. The number of aromatic nitrogens is 1. The van der Waals surface area contributed by atoms with Gasteiger partial charge in [0.15, 0.2) is 0 Å². The van der Waals surface area contributed by atoms with Crippen molar-refractivity contribution in [3.05, 3.63) is 34.2 Å². The summed E-state index contributed by atoms with van der Waals surface area (Å²) in [5.74, 6) is 0.693. The van der Waals surface area contributed by atoms with E-state index < -0.39 is 0 Å². The number of esters is 1. The molecule has 112 valence electrons. The molecule has 0 spiro atoms. The van der Waals surface area contributed by atoms with Crippen molar-refractivity contribution in [3.63, 3.8) is 0 Å². The number of carbonyl (C=O) groups is 1. The zero-order valence-corrected chi connectivity index (χ0v) is 13.5. The zero-order valence-electron chi connectivity index (χ0n) is 12.7. The molecule has 0 fully saturated rings. The van der Waals surface area contributed by atoms with Crippen LogP contribution in [0.1, 0.15) is 41.4 Å². The van der Waals surface area contributed by atoms with Gasteiger partial charge in [-0.1, -0.05) is 26.0 Å². The van der Waals surface area contributed by atoms with Crippen molar-refractivity contribution in [3.8, 4) is 17.0 Å². The van der Waals surface area contributed by atoms with Crippen LogP contribution in [0, 0.1) is 0 Å². The molecule has 0 saturated carbocycles. The Hall–Kier alpha value is -1.88. The Morgan fingerprint density at radius 1 is 1.38 bits per heavy atom. The molecule has 0 aliphatic carbocycles. The average Bonchev–Trinajstić information content (AvgIpc) is 2.93. The first kappa shape index (κ1) is 15.5. The largest absolute Gasteiger partial charge is 0.497 e. The van der Waals surface area contributed by atoms with Crippen LogP contribution < -0.4 is 4.74 Å². The minimum Gasteiger partial charge on any atom is -0.497 e. The van der Waals surface area contributed by atoms with E-state index in [1.807, 2.05) is 24.3 Å². The Bertz CT molecular complexity index is 634. The predicted octanol–water partition coefficient (Wildman–Crippen LogP) is 4.12. The molecule has 21 heavy (non-hydrogen) atoms. The summed E-state index contributed by atoms with van der Waals surface area (Å²) >= 11 is 1.40. The van der Waals surface area contributed by atoms with Crippen LogP contribution in [0.25, 0.3) is 11.3 Å². The Morgan fingerprint density at radius 3 is 2.76 bits per heavy atom. The van der Waals surface area contributed by atoms with Gasteiger partial charge in [0.05, 0.1) is 19.4 Å². The molecule has 1 aromatic carbocycles. The molecule has 2 aromatic rings. The number of benzene rings is 1. The SMILES string of the molecule is CCOC(=O)c1nc(-c2cccc(OC)c2)c(C(C)C)s1. The lowest BCUT2D eigenvalue weighted by molar-refractivity contribution is 0.0526. The molecule has 0 unspecified atom stereocenters. The molecule has 0 atom stereocenters. The van der Waals surface area contributed by atoms with Gasteiger partial charge in [0.25, 0.3) is 0 Å². The number of thiazole rings is 1. The molecule has 0 N–H and O–H groups in total. The van der Waals surface area contributed by atoms with E-state index in [0.29, 0.717) is 11.6 Å². The molecule has 4 nitrogen and oxygen atoms in total. The van der Waals surface area contributed by atoms with Crippen molar-refractivity contribution in [1.82, 2.24) is 4.98 Å². The maximum Gasteiger partial charge on any atom is 0.367 e. The highest BCUT2D eigenvalue weighted by molar-refractivity contribution is 7.14. The second-order valence-corrected chi connectivity index (χ2v) is 5.87. The van der Waals surface area contributed by atoms with Crippen LogP contribution >= 0.6 is 11.3 Å². The molecule has 0 amide bonds. The summed E-state index contributed by atoms with van der Waals surface area (Å²) in [4.78, 5) is 17.4. The van der Waals surface area contributed by atoms with Crippen LogP contribution in [-0.2, 0) is 4.74 Å². The second-order valence-electron chi connectivity index (χ2n) is 4.84. The summed E-state index contributed by atoms with van der Waals surface area (Å²) < 4.78 is 10.3. The summed E-state index contributed by atoms with van der Waals surface area (Å²) in [5.41, 5.74) is 1.78. The Kier molecular flexibility index (Phi) is 4.96. The normalized spacial score (nSPS) is 10.7. The van der Waals surface area contributed by atoms with E-state index in [1.165, 1.54) is 11.3 Å². The molecule has 2 rings (SSSR count). The predicted molar refractivity (Wildman–Crippen MR) is 84.1 cm³/mol. The summed E-state index contributed by atoms with van der Waals surface area (Å²) in [6.07, 6.45) is 0. The fraction of sp³-hybridized carbons (Fsp3) is 0.375. The van der Waals surface area contributed by atoms with Crippen LogP contribution in [0.2, 0.25) is 0 Å².